The molecule has 33 heavy (non-hydrogen) atoms. The number of hydrogen-bond acceptors (Lipinski definition) is 4. The lowest BCUT2D eigenvalue weighted by Gasteiger charge is -2.19. The smallest absolute Gasteiger partial charge is 0.310 e. The molecule has 0 aliphatic carbocycles. The monoisotopic (exact) mass is 447 g/mol. The van der Waals surface area contributed by atoms with Crippen LogP contribution in [0.25, 0.3) is 10.8 Å². The second-order valence-corrected chi connectivity index (χ2v) is 8.44. The normalized spacial score (nSPS) is 14.0. The highest BCUT2D eigenvalue weighted by molar-refractivity contribution is 6.16. The van der Waals surface area contributed by atoms with Crippen molar-refractivity contribution >= 4 is 28.3 Å². The number of fused-ring (bicyclic) bond motifs is 2. The molecule has 1 aliphatic heterocycles. The van der Waals surface area contributed by atoms with Gasteiger partial charge in [0.25, 0.3) is 5.91 Å². The zero-order valence-electron chi connectivity index (χ0n) is 19.4. The van der Waals surface area contributed by atoms with Gasteiger partial charge in [0.05, 0.1) is 30.7 Å². The van der Waals surface area contributed by atoms with Crippen molar-refractivity contribution in [1.29, 1.82) is 0 Å². The first kappa shape index (κ1) is 22.6. The van der Waals surface area contributed by atoms with Gasteiger partial charge in [0.1, 0.15) is 11.5 Å². The Morgan fingerprint density at radius 1 is 1.03 bits per heavy atom. The van der Waals surface area contributed by atoms with Crippen LogP contribution in [0, 0.1) is 0 Å². The minimum atomic E-state index is -0.849. The molecule has 1 N–H and O–H groups in total. The lowest BCUT2D eigenvalue weighted by atomic mass is 9.96. The number of carbonyl (C=O) groups excluding carboxylic acids is 1. The first-order chi connectivity index (χ1) is 15.9. The van der Waals surface area contributed by atoms with Gasteiger partial charge >= 0.3 is 5.97 Å². The molecule has 172 valence electrons. The molecule has 4 rings (SSSR count). The Morgan fingerprint density at radius 2 is 1.67 bits per heavy atom. The highest BCUT2D eigenvalue weighted by Crippen LogP contribution is 2.46. The molecule has 0 bridgehead atoms. The predicted molar refractivity (Wildman–Crippen MR) is 129 cm³/mol. The molecule has 0 aromatic heterocycles. The fraction of sp³-hybridized carbons (Fsp3) is 0.333. The maximum Gasteiger partial charge on any atom is 0.310 e. The minimum absolute atomic E-state index is 0.0985. The maximum absolute atomic E-state index is 13.7. The molecule has 1 atom stereocenters. The number of ether oxygens (including phenoxy) is 2. The van der Waals surface area contributed by atoms with Crippen molar-refractivity contribution in [3.8, 4) is 11.5 Å². The summed E-state index contributed by atoms with van der Waals surface area (Å²) in [7, 11) is 0. The number of aliphatic carboxylic acids is 1. The molecule has 3 aromatic carbocycles. The molecule has 1 heterocycles. The number of hydrogen-bond donors (Lipinski definition) is 1. The third-order valence-electron chi connectivity index (χ3n) is 5.95. The van der Waals surface area contributed by atoms with Gasteiger partial charge in [-0.25, -0.2) is 0 Å². The predicted octanol–water partition coefficient (Wildman–Crippen LogP) is 5.76. The van der Waals surface area contributed by atoms with Gasteiger partial charge in [-0.05, 0) is 44.9 Å². The average molecular weight is 448 g/mol. The van der Waals surface area contributed by atoms with Crippen LogP contribution in [-0.4, -0.2) is 29.7 Å². The molecule has 0 radical (unpaired) electrons. The molecule has 1 amide bonds. The van der Waals surface area contributed by atoms with E-state index in [0.29, 0.717) is 42.3 Å². The fourth-order valence-electron chi connectivity index (χ4n) is 4.48. The standard InChI is InChI=1S/C27H29NO5/c1-5-19(27(30)31)17-11-13-18(14-12-17)28-15-22-23(26(28)29)25(33-16(3)4)21-10-8-7-9-20(21)24(22)32-6-2/h7-14,16,19H,5-6,15H2,1-4H3,(H,30,31). The highest BCUT2D eigenvalue weighted by Gasteiger charge is 2.37. The molecule has 0 saturated heterocycles. The quantitative estimate of drug-likeness (QED) is 0.475. The Hall–Kier alpha value is -3.54. The van der Waals surface area contributed by atoms with Gasteiger partial charge in [0.2, 0.25) is 0 Å². The van der Waals surface area contributed by atoms with Gasteiger partial charge in [-0.2, -0.15) is 0 Å². The summed E-state index contributed by atoms with van der Waals surface area (Å²) in [5, 5.41) is 11.2. The summed E-state index contributed by atoms with van der Waals surface area (Å²) in [5.41, 5.74) is 2.79. The molecule has 0 spiro atoms. The Kier molecular flexibility index (Phi) is 6.27. The zero-order valence-corrected chi connectivity index (χ0v) is 19.4. The van der Waals surface area contributed by atoms with Gasteiger partial charge in [0.15, 0.2) is 0 Å². The summed E-state index contributed by atoms with van der Waals surface area (Å²) < 4.78 is 12.2. The van der Waals surface area contributed by atoms with Crippen molar-refractivity contribution in [1.82, 2.24) is 0 Å². The number of anilines is 1. The van der Waals surface area contributed by atoms with Crippen molar-refractivity contribution in [2.45, 2.75) is 52.7 Å². The number of carboxylic acids is 1. The summed E-state index contributed by atoms with van der Waals surface area (Å²) >= 11 is 0. The summed E-state index contributed by atoms with van der Waals surface area (Å²) in [6.45, 7) is 8.51. The van der Waals surface area contributed by atoms with Crippen molar-refractivity contribution in [3.63, 3.8) is 0 Å². The van der Waals surface area contributed by atoms with Crippen molar-refractivity contribution in [2.24, 2.45) is 0 Å². The number of rotatable bonds is 8. The second-order valence-electron chi connectivity index (χ2n) is 8.44. The Balaban J connectivity index is 1.82. The van der Waals surface area contributed by atoms with E-state index >= 15 is 0 Å². The maximum atomic E-state index is 13.7. The van der Waals surface area contributed by atoms with Gasteiger partial charge in [-0.3, -0.25) is 9.59 Å². The molecular weight excluding hydrogens is 418 g/mol. The van der Waals surface area contributed by atoms with Crippen LogP contribution in [0.4, 0.5) is 5.69 Å². The SMILES string of the molecule is CCOc1c2c(c(OC(C)C)c3ccccc13)C(=O)N(c1ccc(C(CC)C(=O)O)cc1)C2. The molecule has 3 aromatic rings. The summed E-state index contributed by atoms with van der Waals surface area (Å²) in [5.74, 6) is -0.265. The van der Waals surface area contributed by atoms with Crippen molar-refractivity contribution < 1.29 is 24.2 Å². The van der Waals surface area contributed by atoms with E-state index in [2.05, 4.69) is 0 Å². The van der Waals surface area contributed by atoms with Crippen LogP contribution in [0.3, 0.4) is 0 Å². The summed E-state index contributed by atoms with van der Waals surface area (Å²) in [6.07, 6.45) is 0.404. The van der Waals surface area contributed by atoms with E-state index < -0.39 is 11.9 Å². The van der Waals surface area contributed by atoms with Crippen LogP contribution in [0.2, 0.25) is 0 Å². The Morgan fingerprint density at radius 3 is 2.21 bits per heavy atom. The first-order valence-corrected chi connectivity index (χ1v) is 11.4. The summed E-state index contributed by atoms with van der Waals surface area (Å²) in [4.78, 5) is 26.9. The number of nitrogens with zero attached hydrogens (tertiary/aromatic N) is 1. The van der Waals surface area contributed by atoms with E-state index in [-0.39, 0.29) is 12.0 Å². The summed E-state index contributed by atoms with van der Waals surface area (Å²) in [6, 6.07) is 15.0. The molecule has 0 saturated carbocycles. The van der Waals surface area contributed by atoms with E-state index in [9.17, 15) is 14.7 Å². The topological polar surface area (TPSA) is 76.1 Å². The van der Waals surface area contributed by atoms with E-state index in [4.69, 9.17) is 9.47 Å². The third kappa shape index (κ3) is 4.01. The highest BCUT2D eigenvalue weighted by atomic mass is 16.5. The largest absolute Gasteiger partial charge is 0.493 e. The number of carbonyl (C=O) groups is 2. The second kappa shape index (κ2) is 9.14. The van der Waals surface area contributed by atoms with Crippen LogP contribution in [0.5, 0.6) is 11.5 Å². The molecule has 6 nitrogen and oxygen atoms in total. The average Bonchev–Trinajstić information content (AvgIpc) is 3.13. The Bertz CT molecular complexity index is 1200. The number of amides is 1. The first-order valence-electron chi connectivity index (χ1n) is 11.4. The van der Waals surface area contributed by atoms with Crippen molar-refractivity contribution in [2.75, 3.05) is 11.5 Å². The lowest BCUT2D eigenvalue weighted by Crippen LogP contribution is -2.23. The number of carboxylic acid groups (broad SMARTS) is 1. The molecule has 6 heteroatoms. The van der Waals surface area contributed by atoms with E-state index in [1.807, 2.05) is 64.1 Å². The molecule has 0 fully saturated rings. The van der Waals surface area contributed by atoms with Crippen molar-refractivity contribution in [3.05, 3.63) is 65.2 Å². The fourth-order valence-corrected chi connectivity index (χ4v) is 4.48. The van der Waals surface area contributed by atoms with Gasteiger partial charge in [-0.1, -0.05) is 43.3 Å². The minimum Gasteiger partial charge on any atom is -0.493 e. The molecule has 1 unspecified atom stereocenters. The zero-order chi connectivity index (χ0) is 23.7. The van der Waals surface area contributed by atoms with E-state index in [1.54, 1.807) is 17.0 Å². The van der Waals surface area contributed by atoms with Gasteiger partial charge < -0.3 is 19.5 Å². The van der Waals surface area contributed by atoms with Crippen LogP contribution >= 0.6 is 0 Å². The Labute approximate surface area is 193 Å². The van der Waals surface area contributed by atoms with Gasteiger partial charge in [0, 0.05) is 22.0 Å². The van der Waals surface area contributed by atoms with Crippen LogP contribution in [0.1, 0.15) is 61.5 Å². The molecule has 1 aliphatic rings. The lowest BCUT2D eigenvalue weighted by molar-refractivity contribution is -0.138. The third-order valence-corrected chi connectivity index (χ3v) is 5.95. The van der Waals surface area contributed by atoms with Crippen LogP contribution in [0.15, 0.2) is 48.5 Å². The number of benzene rings is 3. The van der Waals surface area contributed by atoms with Gasteiger partial charge in [-0.15, -0.1) is 0 Å². The van der Waals surface area contributed by atoms with Crippen LogP contribution < -0.4 is 14.4 Å². The van der Waals surface area contributed by atoms with E-state index in [0.717, 1.165) is 21.9 Å². The van der Waals surface area contributed by atoms with E-state index in [1.165, 1.54) is 0 Å². The molecular formula is C27H29NO5. The van der Waals surface area contributed by atoms with Crippen LogP contribution in [-0.2, 0) is 11.3 Å².